The van der Waals surface area contributed by atoms with E-state index in [4.69, 9.17) is 0 Å². The van der Waals surface area contributed by atoms with Gasteiger partial charge in [0.2, 0.25) is 5.91 Å². The van der Waals surface area contributed by atoms with Gasteiger partial charge in [0.25, 0.3) is 0 Å². The predicted octanol–water partition coefficient (Wildman–Crippen LogP) is 3.15. The highest BCUT2D eigenvalue weighted by Crippen LogP contribution is 2.18. The van der Waals surface area contributed by atoms with Crippen LogP contribution in [-0.2, 0) is 11.3 Å². The summed E-state index contributed by atoms with van der Waals surface area (Å²) in [5.41, 5.74) is 3.15. The van der Waals surface area contributed by atoms with Crippen LogP contribution in [0, 0.1) is 13.8 Å². The van der Waals surface area contributed by atoms with Crippen molar-refractivity contribution in [2.75, 3.05) is 12.0 Å². The van der Waals surface area contributed by atoms with Gasteiger partial charge < -0.3 is 9.88 Å². The third-order valence-corrected chi connectivity index (χ3v) is 5.22. The lowest BCUT2D eigenvalue weighted by Gasteiger charge is -2.17. The van der Waals surface area contributed by atoms with Crippen LogP contribution in [0.2, 0.25) is 0 Å². The zero-order chi connectivity index (χ0) is 18.5. The SMILES string of the molecule is CSCC[C@H](NC(=O)CCn1c(C)ccc1C)c1nnc2ccccn12. The maximum absolute atomic E-state index is 12.6. The molecule has 26 heavy (non-hydrogen) atoms. The second-order valence-electron chi connectivity index (χ2n) is 6.41. The van der Waals surface area contributed by atoms with Gasteiger partial charge in [0.1, 0.15) is 0 Å². The maximum atomic E-state index is 12.6. The number of aromatic nitrogens is 4. The zero-order valence-electron chi connectivity index (χ0n) is 15.5. The van der Waals surface area contributed by atoms with Crippen LogP contribution < -0.4 is 5.32 Å². The summed E-state index contributed by atoms with van der Waals surface area (Å²) in [5.74, 6) is 1.77. The molecule has 0 spiro atoms. The average molecular weight is 372 g/mol. The first-order chi connectivity index (χ1) is 12.6. The molecule has 3 heterocycles. The van der Waals surface area contributed by atoms with Crippen molar-refractivity contribution in [2.45, 2.75) is 39.3 Å². The van der Waals surface area contributed by atoms with Crippen molar-refractivity contribution in [1.29, 1.82) is 0 Å². The quantitative estimate of drug-likeness (QED) is 0.661. The summed E-state index contributed by atoms with van der Waals surface area (Å²) in [4.78, 5) is 12.6. The number of carbonyl (C=O) groups excluding carboxylic acids is 1. The van der Waals surface area contributed by atoms with Crippen LogP contribution in [0.4, 0.5) is 0 Å². The zero-order valence-corrected chi connectivity index (χ0v) is 16.3. The third kappa shape index (κ3) is 4.09. The maximum Gasteiger partial charge on any atom is 0.222 e. The molecule has 0 saturated carbocycles. The smallest absolute Gasteiger partial charge is 0.222 e. The lowest BCUT2D eigenvalue weighted by atomic mass is 10.2. The summed E-state index contributed by atoms with van der Waals surface area (Å²) in [7, 11) is 0. The molecular weight excluding hydrogens is 346 g/mol. The summed E-state index contributed by atoms with van der Waals surface area (Å²) in [6, 6.07) is 9.82. The predicted molar refractivity (Wildman–Crippen MR) is 105 cm³/mol. The average Bonchev–Trinajstić information content (AvgIpc) is 3.20. The van der Waals surface area contributed by atoms with Crippen LogP contribution in [0.25, 0.3) is 5.65 Å². The van der Waals surface area contributed by atoms with Crippen molar-refractivity contribution >= 4 is 23.3 Å². The van der Waals surface area contributed by atoms with Gasteiger partial charge in [-0.25, -0.2) is 0 Å². The topological polar surface area (TPSA) is 64.2 Å². The minimum Gasteiger partial charge on any atom is -0.349 e. The van der Waals surface area contributed by atoms with Crippen molar-refractivity contribution < 1.29 is 4.79 Å². The molecule has 0 radical (unpaired) electrons. The Labute approximate surface area is 158 Å². The lowest BCUT2D eigenvalue weighted by molar-refractivity contribution is -0.122. The minimum absolute atomic E-state index is 0.0382. The van der Waals surface area contributed by atoms with E-state index in [0.29, 0.717) is 13.0 Å². The molecule has 3 rings (SSSR count). The van der Waals surface area contributed by atoms with Crippen molar-refractivity contribution in [2.24, 2.45) is 0 Å². The van der Waals surface area contributed by atoms with Gasteiger partial charge in [-0.3, -0.25) is 9.20 Å². The largest absolute Gasteiger partial charge is 0.349 e. The number of carbonyl (C=O) groups is 1. The number of nitrogens with one attached hydrogen (secondary N) is 1. The molecule has 1 amide bonds. The Morgan fingerprint density at radius 1 is 1.19 bits per heavy atom. The molecule has 0 saturated heterocycles. The molecule has 6 nitrogen and oxygen atoms in total. The van der Waals surface area contributed by atoms with E-state index >= 15 is 0 Å². The molecule has 0 aliphatic rings. The molecule has 7 heteroatoms. The van der Waals surface area contributed by atoms with E-state index in [1.54, 1.807) is 11.8 Å². The highest BCUT2D eigenvalue weighted by atomic mass is 32.2. The fourth-order valence-corrected chi connectivity index (χ4v) is 3.60. The number of nitrogens with zero attached hydrogens (tertiary/aromatic N) is 4. The van der Waals surface area contributed by atoms with Gasteiger partial charge in [0.05, 0.1) is 6.04 Å². The number of thioether (sulfide) groups is 1. The number of hydrogen-bond acceptors (Lipinski definition) is 4. The lowest BCUT2D eigenvalue weighted by Crippen LogP contribution is -2.31. The first-order valence-electron chi connectivity index (χ1n) is 8.81. The summed E-state index contributed by atoms with van der Waals surface area (Å²) in [6.45, 7) is 4.81. The molecule has 3 aromatic heterocycles. The van der Waals surface area contributed by atoms with Crippen molar-refractivity contribution in [3.63, 3.8) is 0 Å². The van der Waals surface area contributed by atoms with Crippen LogP contribution in [0.3, 0.4) is 0 Å². The van der Waals surface area contributed by atoms with E-state index in [0.717, 1.165) is 23.6 Å². The number of hydrogen-bond donors (Lipinski definition) is 1. The Morgan fingerprint density at radius 3 is 2.69 bits per heavy atom. The monoisotopic (exact) mass is 371 g/mol. The Bertz CT molecular complexity index is 866. The van der Waals surface area contributed by atoms with Crippen molar-refractivity contribution in [1.82, 2.24) is 24.5 Å². The van der Waals surface area contributed by atoms with Gasteiger partial charge in [-0.2, -0.15) is 11.8 Å². The van der Waals surface area contributed by atoms with Gasteiger partial charge in [-0.15, -0.1) is 10.2 Å². The molecule has 0 bridgehead atoms. The number of amides is 1. The summed E-state index contributed by atoms with van der Waals surface area (Å²) in [6.07, 6.45) is 5.28. The number of fused-ring (bicyclic) bond motifs is 1. The number of rotatable bonds is 8. The number of aryl methyl sites for hydroxylation is 2. The second kappa shape index (κ2) is 8.40. The van der Waals surface area contributed by atoms with E-state index in [9.17, 15) is 4.79 Å². The molecule has 0 aromatic carbocycles. The van der Waals surface area contributed by atoms with E-state index in [-0.39, 0.29) is 11.9 Å². The van der Waals surface area contributed by atoms with E-state index in [2.05, 4.69) is 52.3 Å². The third-order valence-electron chi connectivity index (χ3n) is 4.58. The van der Waals surface area contributed by atoms with Crippen LogP contribution in [-0.4, -0.2) is 37.1 Å². The molecular formula is C19H25N5OS. The van der Waals surface area contributed by atoms with E-state index in [1.807, 2.05) is 28.8 Å². The molecule has 1 atom stereocenters. The molecule has 1 N–H and O–H groups in total. The Morgan fingerprint density at radius 2 is 1.96 bits per heavy atom. The van der Waals surface area contributed by atoms with Crippen LogP contribution in [0.15, 0.2) is 36.5 Å². The molecule has 3 aromatic rings. The Hall–Kier alpha value is -2.28. The van der Waals surface area contributed by atoms with Crippen LogP contribution in [0.1, 0.15) is 36.1 Å². The first kappa shape index (κ1) is 18.5. The molecule has 0 aliphatic heterocycles. The highest BCUT2D eigenvalue weighted by Gasteiger charge is 2.20. The van der Waals surface area contributed by atoms with E-state index < -0.39 is 0 Å². The Kier molecular flexibility index (Phi) is 5.98. The van der Waals surface area contributed by atoms with Gasteiger partial charge in [-0.05, 0) is 56.5 Å². The number of pyridine rings is 1. The first-order valence-corrected chi connectivity index (χ1v) is 10.2. The van der Waals surface area contributed by atoms with Gasteiger partial charge in [-0.1, -0.05) is 6.07 Å². The fourth-order valence-electron chi connectivity index (χ4n) is 3.13. The van der Waals surface area contributed by atoms with Crippen LogP contribution in [0.5, 0.6) is 0 Å². The van der Waals surface area contributed by atoms with Crippen LogP contribution >= 0.6 is 11.8 Å². The van der Waals surface area contributed by atoms with Crippen molar-refractivity contribution in [3.8, 4) is 0 Å². The van der Waals surface area contributed by atoms with Gasteiger partial charge >= 0.3 is 0 Å². The summed E-state index contributed by atoms with van der Waals surface area (Å²) < 4.78 is 4.12. The highest BCUT2D eigenvalue weighted by molar-refractivity contribution is 7.98. The molecule has 138 valence electrons. The molecule has 0 unspecified atom stereocenters. The Balaban J connectivity index is 1.71. The van der Waals surface area contributed by atoms with E-state index in [1.165, 1.54) is 11.4 Å². The summed E-state index contributed by atoms with van der Waals surface area (Å²) in [5, 5.41) is 11.7. The standard InChI is InChI=1S/C19H25N5OS/c1-14-7-8-15(2)23(14)12-9-18(25)20-16(10-13-26-3)19-22-21-17-6-4-5-11-24(17)19/h4-8,11,16H,9-10,12-13H2,1-3H3,(H,20,25)/t16-/m0/s1. The second-order valence-corrected chi connectivity index (χ2v) is 7.39. The minimum atomic E-state index is -0.140. The van der Waals surface area contributed by atoms with Gasteiger partial charge in [0, 0.05) is 30.6 Å². The fraction of sp³-hybridized carbons (Fsp3) is 0.421. The normalized spacial score (nSPS) is 12.4. The van der Waals surface area contributed by atoms with Crippen molar-refractivity contribution in [3.05, 3.63) is 53.7 Å². The molecule has 0 aliphatic carbocycles. The summed E-state index contributed by atoms with van der Waals surface area (Å²) >= 11 is 1.76. The van der Waals surface area contributed by atoms with Gasteiger partial charge in [0.15, 0.2) is 11.5 Å². The molecule has 0 fully saturated rings.